The fraction of sp³-hybridized carbons (Fsp3) is 0.545. The van der Waals surface area contributed by atoms with Gasteiger partial charge in [0.15, 0.2) is 6.61 Å². The van der Waals surface area contributed by atoms with Crippen LogP contribution in [0.3, 0.4) is 0 Å². The van der Waals surface area contributed by atoms with Gasteiger partial charge in [0.2, 0.25) is 11.8 Å². The van der Waals surface area contributed by atoms with E-state index in [1.807, 2.05) is 20.1 Å². The number of imide groups is 1. The average molecular weight is 691 g/mol. The Morgan fingerprint density at radius 3 is 2.19 bits per heavy atom. The first-order valence-corrected chi connectivity index (χ1v) is 17.2. The molecular formula is C33H46N4O10S. The summed E-state index contributed by atoms with van der Waals surface area (Å²) < 4.78 is 10.5. The first-order chi connectivity index (χ1) is 22.7. The van der Waals surface area contributed by atoms with Crippen LogP contribution >= 0.6 is 11.8 Å². The van der Waals surface area contributed by atoms with Gasteiger partial charge in [-0.05, 0) is 67.7 Å². The van der Waals surface area contributed by atoms with Crippen molar-refractivity contribution in [1.82, 2.24) is 20.9 Å². The third-order valence-corrected chi connectivity index (χ3v) is 7.77. The number of carbonyl (C=O) groups excluding carboxylic acids is 6. The molecule has 4 N–H and O–H groups in total. The molecule has 2 rings (SSSR count). The maximum absolute atomic E-state index is 13.5. The number of carboxylic acid groups (broad SMARTS) is 1. The van der Waals surface area contributed by atoms with E-state index < -0.39 is 72.1 Å². The van der Waals surface area contributed by atoms with Crippen molar-refractivity contribution in [3.63, 3.8) is 0 Å². The third kappa shape index (κ3) is 13.4. The molecule has 15 heteroatoms. The number of hydrogen-bond donors (Lipinski definition) is 4. The van der Waals surface area contributed by atoms with Crippen LogP contribution in [0.5, 0.6) is 5.75 Å². The Labute approximate surface area is 284 Å². The molecule has 1 aliphatic rings. The number of hydrogen-bond acceptors (Lipinski definition) is 10. The summed E-state index contributed by atoms with van der Waals surface area (Å²) in [5, 5.41) is 17.0. The summed E-state index contributed by atoms with van der Waals surface area (Å²) in [6.45, 7) is 6.93. The van der Waals surface area contributed by atoms with Gasteiger partial charge in [0, 0.05) is 24.3 Å². The molecule has 3 atom stereocenters. The van der Waals surface area contributed by atoms with Gasteiger partial charge >= 0.3 is 11.9 Å². The Kier molecular flexibility index (Phi) is 16.6. The molecule has 0 fully saturated rings. The Balaban J connectivity index is 2.12. The van der Waals surface area contributed by atoms with Crippen LogP contribution in [0.4, 0.5) is 0 Å². The molecule has 0 saturated carbocycles. The highest BCUT2D eigenvalue weighted by molar-refractivity contribution is 7.98. The van der Waals surface area contributed by atoms with Gasteiger partial charge in [0.25, 0.3) is 17.7 Å². The standard InChI is InChI=1S/C33H46N4O10S/c1-20(2)18-47-33(45)25(11-6-7-15-37-26(38)12-13-27(37)39)35-32(44)29(21(3)4)36-31(43)24(14-16-48-5)34-30(42)22-9-8-10-23(17-22)46-19-28(40)41/h8-10,12-13,17,20-21,24-25,29H,6-7,11,14-16,18-19H2,1-5H3,(H,34,42)(H,35,44)(H,36,43)(H,40,41)/t24-,25-,29-/m0/s1. The Morgan fingerprint density at radius 1 is 0.896 bits per heavy atom. The van der Waals surface area contributed by atoms with Crippen molar-refractivity contribution in [3.05, 3.63) is 42.0 Å². The summed E-state index contributed by atoms with van der Waals surface area (Å²) in [5.74, 6) is -4.08. The van der Waals surface area contributed by atoms with Gasteiger partial charge in [0.1, 0.15) is 23.9 Å². The lowest BCUT2D eigenvalue weighted by Crippen LogP contribution is -2.57. The van der Waals surface area contributed by atoms with Crippen LogP contribution < -0.4 is 20.7 Å². The highest BCUT2D eigenvalue weighted by Crippen LogP contribution is 2.15. The lowest BCUT2D eigenvalue weighted by atomic mass is 10.0. The fourth-order valence-electron chi connectivity index (χ4n) is 4.54. The zero-order valence-corrected chi connectivity index (χ0v) is 28.8. The van der Waals surface area contributed by atoms with Crippen LogP contribution in [-0.2, 0) is 33.5 Å². The van der Waals surface area contributed by atoms with Crippen LogP contribution in [-0.4, -0.2) is 101 Å². The van der Waals surface area contributed by atoms with Gasteiger partial charge in [-0.1, -0.05) is 33.8 Å². The SMILES string of the molecule is CSCC[C@H](NC(=O)c1cccc(OCC(=O)O)c1)C(=O)N[C@H](C(=O)N[C@@H](CCCCN1C(=O)C=CC1=O)C(=O)OCC(C)C)C(C)C. The number of aliphatic carboxylic acids is 1. The highest BCUT2D eigenvalue weighted by atomic mass is 32.2. The minimum absolute atomic E-state index is 0.0564. The van der Waals surface area contributed by atoms with Crippen LogP contribution in [0.1, 0.15) is 63.7 Å². The van der Waals surface area contributed by atoms with Crippen molar-refractivity contribution < 1.29 is 48.1 Å². The molecule has 0 saturated heterocycles. The summed E-state index contributed by atoms with van der Waals surface area (Å²) in [6.07, 6.45) is 5.46. The van der Waals surface area contributed by atoms with E-state index in [1.54, 1.807) is 13.8 Å². The quantitative estimate of drug-likeness (QED) is 0.0836. The van der Waals surface area contributed by atoms with Crippen molar-refractivity contribution in [3.8, 4) is 5.75 Å². The number of benzene rings is 1. The maximum atomic E-state index is 13.5. The molecule has 48 heavy (non-hydrogen) atoms. The zero-order valence-electron chi connectivity index (χ0n) is 28.0. The second-order valence-electron chi connectivity index (χ2n) is 12.0. The third-order valence-electron chi connectivity index (χ3n) is 7.12. The molecular weight excluding hydrogens is 644 g/mol. The van der Waals surface area contributed by atoms with E-state index in [9.17, 15) is 33.6 Å². The minimum atomic E-state index is -1.17. The number of nitrogens with one attached hydrogen (secondary N) is 3. The topological polar surface area (TPSA) is 198 Å². The van der Waals surface area contributed by atoms with E-state index in [1.165, 1.54) is 48.2 Å². The van der Waals surface area contributed by atoms with Crippen molar-refractivity contribution in [2.45, 2.75) is 71.5 Å². The smallest absolute Gasteiger partial charge is 0.341 e. The van der Waals surface area contributed by atoms with Crippen LogP contribution in [0.15, 0.2) is 36.4 Å². The van der Waals surface area contributed by atoms with Gasteiger partial charge in [-0.15, -0.1) is 0 Å². The van der Waals surface area contributed by atoms with Crippen molar-refractivity contribution in [1.29, 1.82) is 0 Å². The normalized spacial score (nSPS) is 14.4. The minimum Gasteiger partial charge on any atom is -0.482 e. The lowest BCUT2D eigenvalue weighted by molar-refractivity contribution is -0.149. The number of rotatable bonds is 21. The predicted molar refractivity (Wildman–Crippen MR) is 178 cm³/mol. The fourth-order valence-corrected chi connectivity index (χ4v) is 5.01. The molecule has 0 aliphatic carbocycles. The molecule has 0 spiro atoms. The molecule has 5 amide bonds. The molecule has 1 aliphatic heterocycles. The second-order valence-corrected chi connectivity index (χ2v) is 13.0. The first kappa shape index (κ1) is 39.8. The first-order valence-electron chi connectivity index (χ1n) is 15.8. The number of esters is 1. The number of nitrogens with zero attached hydrogens (tertiary/aromatic N) is 1. The number of amides is 5. The van der Waals surface area contributed by atoms with Crippen molar-refractivity contribution >= 4 is 53.2 Å². The van der Waals surface area contributed by atoms with Gasteiger partial charge < -0.3 is 30.5 Å². The number of unbranched alkanes of at least 4 members (excludes halogenated alkanes) is 1. The largest absolute Gasteiger partial charge is 0.482 e. The Hall–Kier alpha value is -4.40. The molecule has 1 aromatic carbocycles. The summed E-state index contributed by atoms with van der Waals surface area (Å²) in [6, 6.07) is 2.76. The van der Waals surface area contributed by atoms with Crippen molar-refractivity contribution in [2.75, 3.05) is 31.8 Å². The molecule has 1 heterocycles. The zero-order chi connectivity index (χ0) is 35.8. The summed E-state index contributed by atoms with van der Waals surface area (Å²) in [7, 11) is 0. The molecule has 1 aromatic rings. The molecule has 0 radical (unpaired) electrons. The Bertz CT molecular complexity index is 1330. The summed E-state index contributed by atoms with van der Waals surface area (Å²) in [5.41, 5.74) is 0.149. The number of carboxylic acids is 1. The van der Waals surface area contributed by atoms with E-state index in [0.717, 1.165) is 4.90 Å². The van der Waals surface area contributed by atoms with Crippen LogP contribution in [0.2, 0.25) is 0 Å². The summed E-state index contributed by atoms with van der Waals surface area (Å²) >= 11 is 1.47. The monoisotopic (exact) mass is 690 g/mol. The van der Waals surface area contributed by atoms with E-state index >= 15 is 0 Å². The number of ether oxygens (including phenoxy) is 2. The molecule has 0 aromatic heterocycles. The lowest BCUT2D eigenvalue weighted by Gasteiger charge is -2.27. The molecule has 264 valence electrons. The van der Waals surface area contributed by atoms with Gasteiger partial charge in [0.05, 0.1) is 6.61 Å². The van der Waals surface area contributed by atoms with Gasteiger partial charge in [-0.3, -0.25) is 28.9 Å². The summed E-state index contributed by atoms with van der Waals surface area (Å²) in [4.78, 5) is 88.8. The van der Waals surface area contributed by atoms with Gasteiger partial charge in [-0.25, -0.2) is 9.59 Å². The highest BCUT2D eigenvalue weighted by Gasteiger charge is 2.32. The van der Waals surface area contributed by atoms with E-state index in [0.29, 0.717) is 18.6 Å². The van der Waals surface area contributed by atoms with Crippen LogP contribution in [0.25, 0.3) is 0 Å². The van der Waals surface area contributed by atoms with Crippen LogP contribution in [0, 0.1) is 11.8 Å². The van der Waals surface area contributed by atoms with Crippen molar-refractivity contribution in [2.24, 2.45) is 11.8 Å². The maximum Gasteiger partial charge on any atom is 0.341 e. The van der Waals surface area contributed by atoms with E-state index in [-0.39, 0.29) is 43.2 Å². The number of carbonyl (C=O) groups is 7. The molecule has 0 bridgehead atoms. The Morgan fingerprint density at radius 2 is 1.58 bits per heavy atom. The molecule has 0 unspecified atom stereocenters. The predicted octanol–water partition coefficient (Wildman–Crippen LogP) is 1.92. The van der Waals surface area contributed by atoms with E-state index in [4.69, 9.17) is 14.6 Å². The van der Waals surface area contributed by atoms with E-state index in [2.05, 4.69) is 16.0 Å². The number of thioether (sulfide) groups is 1. The average Bonchev–Trinajstić information content (AvgIpc) is 3.36. The second kappa shape index (κ2) is 20.1. The molecule has 14 nitrogen and oxygen atoms in total. The van der Waals surface area contributed by atoms with Gasteiger partial charge in [-0.2, -0.15) is 11.8 Å².